The van der Waals surface area contributed by atoms with Crippen molar-refractivity contribution < 1.29 is 29.4 Å². The summed E-state index contributed by atoms with van der Waals surface area (Å²) in [5, 5.41) is 18.8. The van der Waals surface area contributed by atoms with Gasteiger partial charge in [0, 0.05) is 0 Å². The number of rotatable bonds is 8. The van der Waals surface area contributed by atoms with Crippen LogP contribution in [0.15, 0.2) is 48.6 Å². The number of allylic oxidation sites excluding steroid dienone is 2. The molecule has 0 aromatic heterocycles. The Labute approximate surface area is 155 Å². The molecule has 0 aliphatic heterocycles. The van der Waals surface area contributed by atoms with E-state index in [4.69, 9.17) is 0 Å². The zero-order valence-electron chi connectivity index (χ0n) is 14.2. The van der Waals surface area contributed by atoms with E-state index < -0.39 is 11.6 Å². The van der Waals surface area contributed by atoms with Gasteiger partial charge in [0.1, 0.15) is 11.5 Å². The molecule has 0 spiro atoms. The van der Waals surface area contributed by atoms with Crippen molar-refractivity contribution in [3.8, 4) is 11.5 Å². The molecule has 6 heteroatoms. The highest BCUT2D eigenvalue weighted by atomic mass is 16.3. The number of benzene rings is 2. The van der Waals surface area contributed by atoms with Gasteiger partial charge in [-0.15, -0.1) is 0 Å². The Hall–Kier alpha value is -3.80. The van der Waals surface area contributed by atoms with Crippen LogP contribution in [0.1, 0.15) is 38.3 Å². The number of carbonyl (C=O) groups is 4. The Morgan fingerprint density at radius 3 is 1.52 bits per heavy atom. The van der Waals surface area contributed by atoms with Gasteiger partial charge in [-0.2, -0.15) is 0 Å². The van der Waals surface area contributed by atoms with Crippen molar-refractivity contribution in [2.45, 2.75) is 6.42 Å². The first kappa shape index (κ1) is 19.5. The Morgan fingerprint density at radius 1 is 0.741 bits per heavy atom. The summed E-state index contributed by atoms with van der Waals surface area (Å²) < 4.78 is 0. The highest BCUT2D eigenvalue weighted by Gasteiger charge is 2.05. The Bertz CT molecular complexity index is 876. The van der Waals surface area contributed by atoms with Crippen LogP contribution in [0.3, 0.4) is 0 Å². The van der Waals surface area contributed by atoms with E-state index in [0.29, 0.717) is 23.7 Å². The van der Waals surface area contributed by atoms with Crippen molar-refractivity contribution in [3.63, 3.8) is 0 Å². The predicted molar refractivity (Wildman–Crippen MR) is 99.7 cm³/mol. The van der Waals surface area contributed by atoms with Gasteiger partial charge in [0.05, 0.1) is 17.5 Å². The minimum Gasteiger partial charge on any atom is -0.507 e. The molecule has 0 bridgehead atoms. The minimum absolute atomic E-state index is 0.104. The Kier molecular flexibility index (Phi) is 6.55. The molecule has 136 valence electrons. The maximum Gasteiger partial charge on any atom is 0.163 e. The second-order valence-corrected chi connectivity index (χ2v) is 5.65. The molecule has 2 rings (SSSR count). The van der Waals surface area contributed by atoms with E-state index in [2.05, 4.69) is 0 Å². The van der Waals surface area contributed by atoms with Crippen LogP contribution in [0, 0.1) is 0 Å². The normalized spacial score (nSPS) is 11.0. The van der Waals surface area contributed by atoms with Crippen LogP contribution < -0.4 is 0 Å². The van der Waals surface area contributed by atoms with Crippen LogP contribution >= 0.6 is 0 Å². The topological polar surface area (TPSA) is 109 Å². The fraction of sp³-hybridized carbons (Fsp3) is 0.0476. The first-order valence-corrected chi connectivity index (χ1v) is 7.91. The van der Waals surface area contributed by atoms with Crippen LogP contribution in [0.25, 0.3) is 12.2 Å². The van der Waals surface area contributed by atoms with E-state index in [0.717, 1.165) is 0 Å². The zero-order chi connectivity index (χ0) is 19.8. The van der Waals surface area contributed by atoms with Gasteiger partial charge in [0.2, 0.25) is 0 Å². The third kappa shape index (κ3) is 5.61. The molecule has 0 unspecified atom stereocenters. The van der Waals surface area contributed by atoms with Crippen molar-refractivity contribution in [2.75, 3.05) is 0 Å². The third-order valence-electron chi connectivity index (χ3n) is 3.63. The summed E-state index contributed by atoms with van der Waals surface area (Å²) in [5.74, 6) is -1.16. The van der Waals surface area contributed by atoms with Gasteiger partial charge in [-0.05, 0) is 47.5 Å². The highest BCUT2D eigenvalue weighted by molar-refractivity contribution is 6.11. The van der Waals surface area contributed by atoms with Gasteiger partial charge in [0.15, 0.2) is 24.1 Å². The Balaban J connectivity index is 1.98. The molecule has 0 radical (unpaired) electrons. The quantitative estimate of drug-likeness (QED) is 0.423. The Morgan fingerprint density at radius 2 is 1.15 bits per heavy atom. The van der Waals surface area contributed by atoms with E-state index >= 15 is 0 Å². The lowest BCUT2D eigenvalue weighted by molar-refractivity contribution is -0.121. The van der Waals surface area contributed by atoms with Crippen molar-refractivity contribution in [3.05, 3.63) is 70.8 Å². The van der Waals surface area contributed by atoms with E-state index in [1.807, 2.05) is 0 Å². The number of aldehydes is 2. The number of hydrogen-bond acceptors (Lipinski definition) is 6. The van der Waals surface area contributed by atoms with Crippen molar-refractivity contribution in [2.24, 2.45) is 0 Å². The van der Waals surface area contributed by atoms with Crippen molar-refractivity contribution in [1.82, 2.24) is 0 Å². The molecule has 0 saturated carbocycles. The molecule has 0 fully saturated rings. The minimum atomic E-state index is -0.426. The van der Waals surface area contributed by atoms with Crippen LogP contribution in [-0.2, 0) is 9.59 Å². The first-order valence-electron chi connectivity index (χ1n) is 7.91. The summed E-state index contributed by atoms with van der Waals surface area (Å²) in [6.07, 6.45) is 5.99. The van der Waals surface area contributed by atoms with E-state index in [-0.39, 0.29) is 29.0 Å². The maximum atomic E-state index is 11.9. The number of ketones is 2. The lowest BCUT2D eigenvalue weighted by atomic mass is 10.1. The van der Waals surface area contributed by atoms with Gasteiger partial charge in [0.25, 0.3) is 0 Å². The lowest BCUT2D eigenvalue weighted by Crippen LogP contribution is -2.01. The lowest BCUT2D eigenvalue weighted by Gasteiger charge is -1.99. The van der Waals surface area contributed by atoms with E-state index in [1.165, 1.54) is 60.7 Å². The maximum absolute atomic E-state index is 11.9. The summed E-state index contributed by atoms with van der Waals surface area (Å²) in [7, 11) is 0. The molecule has 2 aromatic carbocycles. The van der Waals surface area contributed by atoms with Crippen LogP contribution in [0.5, 0.6) is 11.5 Å². The number of aromatic hydroxyl groups is 2. The van der Waals surface area contributed by atoms with Gasteiger partial charge in [-0.25, -0.2) is 0 Å². The predicted octanol–water partition coefficient (Wildman–Crippen LogP) is 2.98. The molecule has 0 atom stereocenters. The molecule has 0 aliphatic carbocycles. The number of hydrogen-bond donors (Lipinski definition) is 2. The van der Waals surface area contributed by atoms with Crippen LogP contribution in [-0.4, -0.2) is 34.4 Å². The van der Waals surface area contributed by atoms with Gasteiger partial charge < -0.3 is 10.2 Å². The van der Waals surface area contributed by atoms with Crippen LogP contribution in [0.4, 0.5) is 0 Å². The van der Waals surface area contributed by atoms with Gasteiger partial charge in [-0.3, -0.25) is 19.2 Å². The van der Waals surface area contributed by atoms with Crippen molar-refractivity contribution >= 4 is 36.3 Å². The summed E-state index contributed by atoms with van der Waals surface area (Å²) in [5.41, 5.74) is 1.29. The fourth-order valence-corrected chi connectivity index (χ4v) is 2.21. The summed E-state index contributed by atoms with van der Waals surface area (Å²) >= 11 is 0. The summed E-state index contributed by atoms with van der Waals surface area (Å²) in [6.45, 7) is 0. The second kappa shape index (κ2) is 9.05. The molecule has 0 aliphatic rings. The largest absolute Gasteiger partial charge is 0.507 e. The number of carbonyl (C=O) groups excluding carboxylic acids is 4. The first-order chi connectivity index (χ1) is 12.9. The van der Waals surface area contributed by atoms with Gasteiger partial charge in [-0.1, -0.05) is 24.3 Å². The number of phenols is 2. The van der Waals surface area contributed by atoms with E-state index in [1.54, 1.807) is 0 Å². The van der Waals surface area contributed by atoms with Gasteiger partial charge >= 0.3 is 0 Å². The molecular formula is C21H16O6. The highest BCUT2D eigenvalue weighted by Crippen LogP contribution is 2.18. The molecule has 0 heterocycles. The zero-order valence-corrected chi connectivity index (χ0v) is 14.2. The summed E-state index contributed by atoms with van der Waals surface area (Å²) in [6, 6.07) is 8.58. The molecule has 2 aromatic rings. The molecule has 6 nitrogen and oxygen atoms in total. The molecule has 0 amide bonds. The van der Waals surface area contributed by atoms with Crippen molar-refractivity contribution in [1.29, 1.82) is 0 Å². The average molecular weight is 364 g/mol. The number of phenolic OH excluding ortho intramolecular Hbond substituents is 2. The second-order valence-electron chi connectivity index (χ2n) is 5.65. The van der Waals surface area contributed by atoms with Crippen LogP contribution in [0.2, 0.25) is 0 Å². The average Bonchev–Trinajstić information content (AvgIpc) is 2.66. The SMILES string of the molecule is O=Cc1cc(C=CC(=O)CC(=O)C=Cc2ccc(O)c(C=O)c2)ccc1O. The summed E-state index contributed by atoms with van der Waals surface area (Å²) in [4.78, 5) is 45.3. The standard InChI is InChI=1S/C21H16O6/c22-12-16-9-14(3-7-20(16)26)1-5-18(24)11-19(25)6-2-15-4-8-21(27)17(10-15)13-23/h1-10,12-13,26-27H,11H2. The smallest absolute Gasteiger partial charge is 0.163 e. The molecule has 27 heavy (non-hydrogen) atoms. The molecule has 0 saturated heterocycles. The third-order valence-corrected chi connectivity index (χ3v) is 3.63. The molecular weight excluding hydrogens is 348 g/mol. The fourth-order valence-electron chi connectivity index (χ4n) is 2.21. The molecule has 2 N–H and O–H groups in total. The monoisotopic (exact) mass is 364 g/mol. The van der Waals surface area contributed by atoms with E-state index in [9.17, 15) is 29.4 Å².